The van der Waals surface area contributed by atoms with Gasteiger partial charge in [0.05, 0.1) is 0 Å². The molecule has 6 heteroatoms. The zero-order valence-electron chi connectivity index (χ0n) is 15.4. The fraction of sp³-hybridized carbons (Fsp3) is 0.136. The highest BCUT2D eigenvalue weighted by Crippen LogP contribution is 2.17. The molecule has 1 amide bonds. The summed E-state index contributed by atoms with van der Waals surface area (Å²) < 4.78 is 12.9. The van der Waals surface area contributed by atoms with Gasteiger partial charge < -0.3 is 10.6 Å². The lowest BCUT2D eigenvalue weighted by atomic mass is 10.1. The lowest BCUT2D eigenvalue weighted by molar-refractivity contribution is 0.0948. The summed E-state index contributed by atoms with van der Waals surface area (Å²) in [7, 11) is 0. The molecule has 1 heterocycles. The molecule has 3 rings (SSSR count). The van der Waals surface area contributed by atoms with E-state index in [1.165, 1.54) is 19.1 Å². The molecule has 3 aromatic rings. The number of ketones is 1. The second kappa shape index (κ2) is 8.90. The summed E-state index contributed by atoms with van der Waals surface area (Å²) in [4.78, 5) is 27.8. The molecular weight excluding hydrogens is 357 g/mol. The quantitative estimate of drug-likeness (QED) is 0.607. The molecule has 1 aromatic heterocycles. The van der Waals surface area contributed by atoms with Crippen LogP contribution in [0.2, 0.25) is 0 Å². The molecule has 0 bridgehead atoms. The molecule has 0 aliphatic carbocycles. The maximum absolute atomic E-state index is 12.9. The van der Waals surface area contributed by atoms with Crippen molar-refractivity contribution in [2.24, 2.45) is 0 Å². The average molecular weight is 377 g/mol. The van der Waals surface area contributed by atoms with Gasteiger partial charge in [0, 0.05) is 29.7 Å². The lowest BCUT2D eigenvalue weighted by Crippen LogP contribution is -2.26. The molecule has 0 spiro atoms. The first kappa shape index (κ1) is 19.2. The third kappa shape index (κ3) is 5.23. The van der Waals surface area contributed by atoms with E-state index in [2.05, 4.69) is 15.6 Å². The van der Waals surface area contributed by atoms with Crippen molar-refractivity contribution < 1.29 is 14.0 Å². The number of carbonyl (C=O) groups is 2. The largest absolute Gasteiger partial charge is 0.355 e. The Balaban J connectivity index is 1.58. The average Bonchev–Trinajstić information content (AvgIpc) is 2.70. The van der Waals surface area contributed by atoms with Gasteiger partial charge in [0.15, 0.2) is 5.78 Å². The standard InChI is InChI=1S/C22H20FN3O2/c1-15(27)17-4-8-19(9-5-17)26-20-11-13-24-21(14-20)22(28)25-12-10-16-2-6-18(23)7-3-16/h2-9,11,13-14H,10,12H2,1H3,(H,24,26)(H,25,28). The van der Waals surface area contributed by atoms with E-state index in [0.717, 1.165) is 11.3 Å². The van der Waals surface area contributed by atoms with Crippen LogP contribution in [0.3, 0.4) is 0 Å². The highest BCUT2D eigenvalue weighted by atomic mass is 19.1. The van der Waals surface area contributed by atoms with Gasteiger partial charge in [0.25, 0.3) is 5.91 Å². The summed E-state index contributed by atoms with van der Waals surface area (Å²) in [6.07, 6.45) is 2.16. The zero-order valence-corrected chi connectivity index (χ0v) is 15.4. The highest BCUT2D eigenvalue weighted by molar-refractivity contribution is 5.94. The van der Waals surface area contributed by atoms with Crippen molar-refractivity contribution >= 4 is 23.1 Å². The van der Waals surface area contributed by atoms with E-state index < -0.39 is 0 Å². The Kier molecular flexibility index (Phi) is 6.11. The Morgan fingerprint density at radius 3 is 2.36 bits per heavy atom. The topological polar surface area (TPSA) is 71.1 Å². The number of nitrogens with one attached hydrogen (secondary N) is 2. The molecule has 0 aliphatic rings. The molecule has 5 nitrogen and oxygen atoms in total. The maximum Gasteiger partial charge on any atom is 0.269 e. The van der Waals surface area contributed by atoms with Crippen molar-refractivity contribution in [2.45, 2.75) is 13.3 Å². The molecule has 0 radical (unpaired) electrons. The van der Waals surface area contributed by atoms with Crippen LogP contribution >= 0.6 is 0 Å². The predicted molar refractivity (Wildman–Crippen MR) is 106 cm³/mol. The van der Waals surface area contributed by atoms with Crippen LogP contribution in [0.5, 0.6) is 0 Å². The minimum atomic E-state index is -0.280. The number of aromatic nitrogens is 1. The number of hydrogen-bond donors (Lipinski definition) is 2. The predicted octanol–water partition coefficient (Wildman–Crippen LogP) is 4.14. The number of nitrogens with zero attached hydrogens (tertiary/aromatic N) is 1. The van der Waals surface area contributed by atoms with Gasteiger partial charge in [-0.3, -0.25) is 14.6 Å². The van der Waals surface area contributed by atoms with Crippen molar-refractivity contribution in [1.82, 2.24) is 10.3 Å². The number of anilines is 2. The van der Waals surface area contributed by atoms with Crippen molar-refractivity contribution in [3.8, 4) is 0 Å². The van der Waals surface area contributed by atoms with E-state index in [4.69, 9.17) is 0 Å². The first-order chi connectivity index (χ1) is 13.5. The van der Waals surface area contributed by atoms with Crippen LogP contribution in [0, 0.1) is 5.82 Å². The maximum atomic E-state index is 12.9. The first-order valence-corrected chi connectivity index (χ1v) is 8.88. The van der Waals surface area contributed by atoms with Crippen LogP contribution in [0.15, 0.2) is 66.9 Å². The molecule has 28 heavy (non-hydrogen) atoms. The van der Waals surface area contributed by atoms with Crippen LogP contribution < -0.4 is 10.6 Å². The summed E-state index contributed by atoms with van der Waals surface area (Å²) in [6, 6.07) is 16.7. The molecular formula is C22H20FN3O2. The van der Waals surface area contributed by atoms with E-state index in [-0.39, 0.29) is 17.5 Å². The number of amides is 1. The van der Waals surface area contributed by atoms with Crippen LogP contribution in [-0.2, 0) is 6.42 Å². The molecule has 0 aliphatic heterocycles. The Morgan fingerprint density at radius 2 is 1.68 bits per heavy atom. The van der Waals surface area contributed by atoms with E-state index >= 15 is 0 Å². The monoisotopic (exact) mass is 377 g/mol. The molecule has 0 unspecified atom stereocenters. The van der Waals surface area contributed by atoms with Crippen molar-refractivity contribution in [3.05, 3.63) is 89.5 Å². The summed E-state index contributed by atoms with van der Waals surface area (Å²) in [5, 5.41) is 6.00. The minimum Gasteiger partial charge on any atom is -0.355 e. The number of rotatable bonds is 7. The number of hydrogen-bond acceptors (Lipinski definition) is 4. The van der Waals surface area contributed by atoms with Crippen LogP contribution in [0.4, 0.5) is 15.8 Å². The van der Waals surface area contributed by atoms with Gasteiger partial charge in [-0.25, -0.2) is 4.39 Å². The number of benzene rings is 2. The van der Waals surface area contributed by atoms with Gasteiger partial charge in [-0.1, -0.05) is 12.1 Å². The van der Waals surface area contributed by atoms with Crippen LogP contribution in [-0.4, -0.2) is 23.2 Å². The fourth-order valence-corrected chi connectivity index (χ4v) is 2.65. The Labute approximate surface area is 162 Å². The summed E-state index contributed by atoms with van der Waals surface area (Å²) in [5.41, 5.74) is 3.40. The number of pyridine rings is 1. The van der Waals surface area contributed by atoms with Gasteiger partial charge in [-0.2, -0.15) is 0 Å². The zero-order chi connectivity index (χ0) is 19.9. The second-order valence-corrected chi connectivity index (χ2v) is 6.32. The van der Waals surface area contributed by atoms with E-state index in [9.17, 15) is 14.0 Å². The Hall–Kier alpha value is -3.54. The molecule has 0 saturated carbocycles. The number of halogens is 1. The smallest absolute Gasteiger partial charge is 0.269 e. The fourth-order valence-electron chi connectivity index (χ4n) is 2.65. The minimum absolute atomic E-state index is 0.00931. The summed E-state index contributed by atoms with van der Waals surface area (Å²) >= 11 is 0. The normalized spacial score (nSPS) is 10.4. The second-order valence-electron chi connectivity index (χ2n) is 6.32. The third-order valence-electron chi connectivity index (χ3n) is 4.19. The molecule has 2 aromatic carbocycles. The van der Waals surface area contributed by atoms with E-state index in [1.54, 1.807) is 54.7 Å². The van der Waals surface area contributed by atoms with Gasteiger partial charge in [0.2, 0.25) is 0 Å². The molecule has 0 atom stereocenters. The summed E-state index contributed by atoms with van der Waals surface area (Å²) in [6.45, 7) is 1.95. The third-order valence-corrected chi connectivity index (χ3v) is 4.19. The number of Topliss-reactive ketones (excluding diaryl/α,β-unsaturated/α-hetero) is 1. The molecule has 142 valence electrons. The van der Waals surface area contributed by atoms with Crippen molar-refractivity contribution in [2.75, 3.05) is 11.9 Å². The Morgan fingerprint density at radius 1 is 0.964 bits per heavy atom. The first-order valence-electron chi connectivity index (χ1n) is 8.88. The van der Waals surface area contributed by atoms with Crippen LogP contribution in [0.1, 0.15) is 33.3 Å². The lowest BCUT2D eigenvalue weighted by Gasteiger charge is -2.09. The van der Waals surface area contributed by atoms with Crippen LogP contribution in [0.25, 0.3) is 0 Å². The van der Waals surface area contributed by atoms with Gasteiger partial charge in [-0.15, -0.1) is 0 Å². The van der Waals surface area contributed by atoms with Crippen molar-refractivity contribution in [3.63, 3.8) is 0 Å². The van der Waals surface area contributed by atoms with Gasteiger partial charge in [0.1, 0.15) is 11.5 Å². The summed E-state index contributed by atoms with van der Waals surface area (Å²) in [5.74, 6) is -0.551. The molecule has 2 N–H and O–H groups in total. The highest BCUT2D eigenvalue weighted by Gasteiger charge is 2.08. The Bertz CT molecular complexity index is 970. The number of carbonyl (C=O) groups excluding carboxylic acids is 2. The SMILES string of the molecule is CC(=O)c1ccc(Nc2ccnc(C(=O)NCCc3ccc(F)cc3)c2)cc1. The van der Waals surface area contributed by atoms with Crippen molar-refractivity contribution in [1.29, 1.82) is 0 Å². The van der Waals surface area contributed by atoms with Gasteiger partial charge in [-0.05, 0) is 67.4 Å². The van der Waals surface area contributed by atoms with Gasteiger partial charge >= 0.3 is 0 Å². The molecule has 0 saturated heterocycles. The van der Waals surface area contributed by atoms with E-state index in [0.29, 0.717) is 29.9 Å². The molecule has 0 fully saturated rings. The van der Waals surface area contributed by atoms with E-state index in [1.807, 2.05) is 0 Å².